The van der Waals surface area contributed by atoms with Gasteiger partial charge in [-0.25, -0.2) is 4.39 Å². The van der Waals surface area contributed by atoms with Crippen molar-refractivity contribution in [3.8, 4) is 0 Å². The van der Waals surface area contributed by atoms with Gasteiger partial charge in [0.05, 0.1) is 9.95 Å². The van der Waals surface area contributed by atoms with Crippen molar-refractivity contribution in [1.29, 1.82) is 0 Å². The zero-order chi connectivity index (χ0) is 10.9. The number of benzene rings is 1. The van der Waals surface area contributed by atoms with Gasteiger partial charge in [-0.2, -0.15) is 0 Å². The molecule has 1 rings (SSSR count). The highest BCUT2D eigenvalue weighted by Gasteiger charge is 2.19. The normalized spacial score (nSPS) is 12.6. The molecule has 0 saturated carbocycles. The first kappa shape index (κ1) is 10.9. The highest BCUT2D eigenvalue weighted by Crippen LogP contribution is 2.29. The van der Waals surface area contributed by atoms with Crippen molar-refractivity contribution in [3.63, 3.8) is 0 Å². The Hall–Kier alpha value is -1.20. The van der Waals surface area contributed by atoms with Gasteiger partial charge in [-0.3, -0.25) is 10.1 Å². The summed E-state index contributed by atoms with van der Waals surface area (Å²) >= 11 is 5.41. The molecule has 0 heterocycles. The summed E-state index contributed by atoms with van der Waals surface area (Å²) < 4.78 is 13.0. The molecule has 0 aliphatic heterocycles. The number of rotatable bonds is 2. The SMILES string of the molecule is CC(N)c1cc(F)c(Cl)cc1[N+](=O)[O-]. The van der Waals surface area contributed by atoms with Gasteiger partial charge in [-0.15, -0.1) is 0 Å². The molecule has 1 unspecified atom stereocenters. The summed E-state index contributed by atoms with van der Waals surface area (Å²) in [5.74, 6) is -0.704. The van der Waals surface area contributed by atoms with Crippen LogP contribution < -0.4 is 5.73 Å². The lowest BCUT2D eigenvalue weighted by molar-refractivity contribution is -0.385. The van der Waals surface area contributed by atoms with E-state index in [0.717, 1.165) is 12.1 Å². The molecule has 0 aromatic heterocycles. The third-order valence-electron chi connectivity index (χ3n) is 1.76. The second-order valence-electron chi connectivity index (χ2n) is 2.87. The smallest absolute Gasteiger partial charge is 0.275 e. The van der Waals surface area contributed by atoms with Crippen LogP contribution in [0.25, 0.3) is 0 Å². The van der Waals surface area contributed by atoms with Crippen LogP contribution in [0.4, 0.5) is 10.1 Å². The summed E-state index contributed by atoms with van der Waals surface area (Å²) in [6.45, 7) is 1.54. The zero-order valence-electron chi connectivity index (χ0n) is 7.33. The van der Waals surface area contributed by atoms with Gasteiger partial charge in [0.2, 0.25) is 0 Å². The maximum Gasteiger partial charge on any atom is 0.275 e. The summed E-state index contributed by atoms with van der Waals surface area (Å²) in [6.07, 6.45) is 0. The van der Waals surface area contributed by atoms with Gasteiger partial charge in [0.1, 0.15) is 5.82 Å². The Morgan fingerprint density at radius 3 is 2.64 bits per heavy atom. The van der Waals surface area contributed by atoms with Gasteiger partial charge in [-0.1, -0.05) is 11.6 Å². The molecule has 2 N–H and O–H groups in total. The maximum atomic E-state index is 13.0. The topological polar surface area (TPSA) is 69.2 Å². The Labute approximate surface area is 84.6 Å². The molecule has 4 nitrogen and oxygen atoms in total. The molecule has 1 aromatic carbocycles. The molecule has 6 heteroatoms. The molecule has 0 fully saturated rings. The minimum absolute atomic E-state index is 0.136. The van der Waals surface area contributed by atoms with Gasteiger partial charge in [0.15, 0.2) is 0 Å². The molecular formula is C8H8ClFN2O2. The lowest BCUT2D eigenvalue weighted by Crippen LogP contribution is -2.08. The Balaban J connectivity index is 3.39. The van der Waals surface area contributed by atoms with E-state index in [1.165, 1.54) is 6.92 Å². The first-order chi connectivity index (χ1) is 6.43. The summed E-state index contributed by atoms with van der Waals surface area (Å²) in [5.41, 5.74) is 5.34. The van der Waals surface area contributed by atoms with E-state index in [-0.39, 0.29) is 16.3 Å². The van der Waals surface area contributed by atoms with E-state index in [0.29, 0.717) is 0 Å². The third-order valence-corrected chi connectivity index (χ3v) is 2.05. The molecular weight excluding hydrogens is 211 g/mol. The highest BCUT2D eigenvalue weighted by molar-refractivity contribution is 6.31. The van der Waals surface area contributed by atoms with E-state index in [1.807, 2.05) is 0 Å². The predicted molar refractivity (Wildman–Crippen MR) is 50.7 cm³/mol. The molecule has 0 spiro atoms. The molecule has 1 aromatic rings. The molecule has 0 aliphatic rings. The Kier molecular flexibility index (Phi) is 3.03. The molecule has 0 bridgehead atoms. The Morgan fingerprint density at radius 2 is 2.21 bits per heavy atom. The van der Waals surface area contributed by atoms with Gasteiger partial charge in [0, 0.05) is 17.7 Å². The number of nitro benzene ring substituents is 1. The summed E-state index contributed by atoms with van der Waals surface area (Å²) in [5, 5.41) is 10.3. The minimum atomic E-state index is -0.704. The summed E-state index contributed by atoms with van der Waals surface area (Å²) in [6, 6.07) is 1.35. The van der Waals surface area contributed by atoms with Crippen molar-refractivity contribution < 1.29 is 9.31 Å². The molecule has 0 aliphatic carbocycles. The first-order valence-corrected chi connectivity index (χ1v) is 4.20. The van der Waals surface area contributed by atoms with Gasteiger partial charge < -0.3 is 5.73 Å². The fourth-order valence-electron chi connectivity index (χ4n) is 1.07. The van der Waals surface area contributed by atoms with Gasteiger partial charge in [-0.05, 0) is 13.0 Å². The van der Waals surface area contributed by atoms with Crippen molar-refractivity contribution in [2.75, 3.05) is 0 Å². The predicted octanol–water partition coefficient (Wildman–Crippen LogP) is 2.41. The second-order valence-corrected chi connectivity index (χ2v) is 3.28. The van der Waals surface area contributed by atoms with Crippen LogP contribution in [-0.2, 0) is 0 Å². The zero-order valence-corrected chi connectivity index (χ0v) is 8.08. The van der Waals surface area contributed by atoms with Crippen LogP contribution in [0.2, 0.25) is 5.02 Å². The molecule has 0 amide bonds. The standard InChI is InChI=1S/C8H8ClFN2O2/c1-4(11)5-2-7(10)6(9)3-8(5)12(13)14/h2-4H,11H2,1H3. The molecule has 76 valence electrons. The number of hydrogen-bond donors (Lipinski definition) is 1. The lowest BCUT2D eigenvalue weighted by atomic mass is 10.1. The molecule has 0 radical (unpaired) electrons. The van der Waals surface area contributed by atoms with E-state index < -0.39 is 16.8 Å². The van der Waals surface area contributed by atoms with Crippen LogP contribution in [-0.4, -0.2) is 4.92 Å². The molecule has 14 heavy (non-hydrogen) atoms. The number of nitro groups is 1. The van der Waals surface area contributed by atoms with E-state index >= 15 is 0 Å². The van der Waals surface area contributed by atoms with E-state index in [4.69, 9.17) is 17.3 Å². The number of halogens is 2. The number of nitrogens with zero attached hydrogens (tertiary/aromatic N) is 1. The fraction of sp³-hybridized carbons (Fsp3) is 0.250. The Bertz CT molecular complexity index is 382. The highest BCUT2D eigenvalue weighted by atomic mass is 35.5. The fourth-order valence-corrected chi connectivity index (χ4v) is 1.23. The van der Waals surface area contributed by atoms with Crippen molar-refractivity contribution >= 4 is 17.3 Å². The van der Waals surface area contributed by atoms with E-state index in [1.54, 1.807) is 0 Å². The van der Waals surface area contributed by atoms with Crippen LogP contribution in [0.5, 0.6) is 0 Å². The van der Waals surface area contributed by atoms with Crippen LogP contribution in [0.1, 0.15) is 18.5 Å². The minimum Gasteiger partial charge on any atom is -0.324 e. The van der Waals surface area contributed by atoms with Crippen LogP contribution in [0, 0.1) is 15.9 Å². The second kappa shape index (κ2) is 3.89. The van der Waals surface area contributed by atoms with Crippen molar-refractivity contribution in [2.45, 2.75) is 13.0 Å². The maximum absolute atomic E-state index is 13.0. The van der Waals surface area contributed by atoms with Crippen molar-refractivity contribution in [2.24, 2.45) is 5.73 Å². The average molecular weight is 219 g/mol. The number of hydrogen-bond acceptors (Lipinski definition) is 3. The van der Waals surface area contributed by atoms with Crippen LogP contribution in [0.3, 0.4) is 0 Å². The lowest BCUT2D eigenvalue weighted by Gasteiger charge is -2.07. The van der Waals surface area contributed by atoms with Gasteiger partial charge >= 0.3 is 0 Å². The van der Waals surface area contributed by atoms with Crippen molar-refractivity contribution in [3.05, 3.63) is 38.7 Å². The molecule has 0 saturated heterocycles. The third kappa shape index (κ3) is 2.00. The van der Waals surface area contributed by atoms with Crippen molar-refractivity contribution in [1.82, 2.24) is 0 Å². The Morgan fingerprint density at radius 1 is 1.64 bits per heavy atom. The monoisotopic (exact) mass is 218 g/mol. The summed E-state index contributed by atoms with van der Waals surface area (Å²) in [7, 11) is 0. The molecule has 1 atom stereocenters. The first-order valence-electron chi connectivity index (χ1n) is 3.82. The van der Waals surface area contributed by atoms with E-state index in [2.05, 4.69) is 0 Å². The summed E-state index contributed by atoms with van der Waals surface area (Å²) in [4.78, 5) is 9.92. The van der Waals surface area contributed by atoms with Crippen LogP contribution in [0.15, 0.2) is 12.1 Å². The van der Waals surface area contributed by atoms with Gasteiger partial charge in [0.25, 0.3) is 5.69 Å². The van der Waals surface area contributed by atoms with E-state index in [9.17, 15) is 14.5 Å². The number of nitrogens with two attached hydrogens (primary N) is 1. The average Bonchev–Trinajstić information content (AvgIpc) is 2.08. The largest absolute Gasteiger partial charge is 0.324 e. The van der Waals surface area contributed by atoms with Crippen LogP contribution >= 0.6 is 11.6 Å². The quantitative estimate of drug-likeness (QED) is 0.612.